The molecule has 0 saturated carbocycles. The summed E-state index contributed by atoms with van der Waals surface area (Å²) in [6.07, 6.45) is 2.84. The molecule has 5 heteroatoms. The molecule has 1 aromatic carbocycles. The van der Waals surface area contributed by atoms with Crippen LogP contribution in [0.4, 0.5) is 0 Å². The molecule has 1 aliphatic heterocycles. The van der Waals surface area contributed by atoms with Crippen LogP contribution in [-0.4, -0.2) is 40.1 Å². The summed E-state index contributed by atoms with van der Waals surface area (Å²) in [6.45, 7) is 7.18. The molecule has 2 aromatic rings. The first-order valence-corrected chi connectivity index (χ1v) is 8.77. The Kier molecular flexibility index (Phi) is 5.30. The second-order valence-corrected chi connectivity index (χ2v) is 6.64. The number of aryl methyl sites for hydroxylation is 2. The Hall–Kier alpha value is -2.14. The third-order valence-electron chi connectivity index (χ3n) is 4.66. The SMILES string of the molecule is CCc1cc(C(=O)NC2CCN(Cc3cccc(C)c3)CC2)n[nH]1. The van der Waals surface area contributed by atoms with E-state index >= 15 is 0 Å². The first-order chi connectivity index (χ1) is 11.6. The summed E-state index contributed by atoms with van der Waals surface area (Å²) in [6, 6.07) is 10.8. The van der Waals surface area contributed by atoms with Gasteiger partial charge in [-0.2, -0.15) is 5.10 Å². The zero-order valence-electron chi connectivity index (χ0n) is 14.5. The van der Waals surface area contributed by atoms with Gasteiger partial charge in [0, 0.05) is 31.4 Å². The van der Waals surface area contributed by atoms with Gasteiger partial charge in [-0.1, -0.05) is 36.8 Å². The van der Waals surface area contributed by atoms with Crippen molar-refractivity contribution in [2.45, 2.75) is 45.7 Å². The smallest absolute Gasteiger partial charge is 0.271 e. The summed E-state index contributed by atoms with van der Waals surface area (Å²) in [4.78, 5) is 14.7. The van der Waals surface area contributed by atoms with Gasteiger partial charge in [-0.15, -0.1) is 0 Å². The number of hydrogen-bond donors (Lipinski definition) is 2. The summed E-state index contributed by atoms with van der Waals surface area (Å²) in [5, 5.41) is 10.1. The van der Waals surface area contributed by atoms with Crippen molar-refractivity contribution in [3.8, 4) is 0 Å². The Bertz CT molecular complexity index is 686. The van der Waals surface area contributed by atoms with Gasteiger partial charge in [0.25, 0.3) is 5.91 Å². The Morgan fingerprint density at radius 1 is 1.33 bits per heavy atom. The van der Waals surface area contributed by atoms with Crippen molar-refractivity contribution in [3.05, 3.63) is 52.8 Å². The van der Waals surface area contributed by atoms with Crippen molar-refractivity contribution >= 4 is 5.91 Å². The molecule has 128 valence electrons. The number of amides is 1. The molecule has 0 spiro atoms. The van der Waals surface area contributed by atoms with Crippen molar-refractivity contribution in [2.24, 2.45) is 0 Å². The largest absolute Gasteiger partial charge is 0.348 e. The highest BCUT2D eigenvalue weighted by Gasteiger charge is 2.22. The standard InChI is InChI=1S/C19H26N4O/c1-3-16-12-18(22-21-16)19(24)20-17-7-9-23(10-8-17)13-15-6-4-5-14(2)11-15/h4-6,11-12,17H,3,7-10,13H2,1-2H3,(H,20,24)(H,21,22). The normalized spacial score (nSPS) is 16.2. The van der Waals surface area contributed by atoms with Crippen LogP contribution in [-0.2, 0) is 13.0 Å². The molecule has 5 nitrogen and oxygen atoms in total. The fourth-order valence-corrected chi connectivity index (χ4v) is 3.22. The number of hydrogen-bond acceptors (Lipinski definition) is 3. The zero-order chi connectivity index (χ0) is 16.9. The number of piperidine rings is 1. The second kappa shape index (κ2) is 7.62. The van der Waals surface area contributed by atoms with Gasteiger partial charge < -0.3 is 5.32 Å². The van der Waals surface area contributed by atoms with E-state index < -0.39 is 0 Å². The number of carbonyl (C=O) groups is 1. The van der Waals surface area contributed by atoms with E-state index in [-0.39, 0.29) is 11.9 Å². The molecule has 0 unspecified atom stereocenters. The lowest BCUT2D eigenvalue weighted by molar-refractivity contribution is 0.0904. The molecular weight excluding hydrogens is 300 g/mol. The van der Waals surface area contributed by atoms with Gasteiger partial charge in [0.05, 0.1) is 0 Å². The number of likely N-dealkylation sites (tertiary alicyclic amines) is 1. The van der Waals surface area contributed by atoms with Crippen molar-refractivity contribution < 1.29 is 4.79 Å². The average Bonchev–Trinajstić information content (AvgIpc) is 3.06. The highest BCUT2D eigenvalue weighted by Crippen LogP contribution is 2.15. The van der Waals surface area contributed by atoms with Crippen LogP contribution < -0.4 is 5.32 Å². The van der Waals surface area contributed by atoms with Crippen LogP contribution in [0.1, 0.15) is 47.1 Å². The Labute approximate surface area is 143 Å². The molecule has 0 bridgehead atoms. The van der Waals surface area contributed by atoms with Gasteiger partial charge in [0.1, 0.15) is 5.69 Å². The third kappa shape index (κ3) is 4.23. The van der Waals surface area contributed by atoms with E-state index in [4.69, 9.17) is 0 Å². The van der Waals surface area contributed by atoms with Crippen molar-refractivity contribution in [1.82, 2.24) is 20.4 Å². The number of benzene rings is 1. The number of nitrogens with zero attached hydrogens (tertiary/aromatic N) is 2. The number of rotatable bonds is 5. The summed E-state index contributed by atoms with van der Waals surface area (Å²) >= 11 is 0. The first kappa shape index (κ1) is 16.7. The van der Waals surface area contributed by atoms with Gasteiger partial charge in [0.15, 0.2) is 0 Å². The summed E-state index contributed by atoms with van der Waals surface area (Å²) in [5.74, 6) is -0.0666. The number of carbonyl (C=O) groups excluding carboxylic acids is 1. The third-order valence-corrected chi connectivity index (χ3v) is 4.66. The lowest BCUT2D eigenvalue weighted by Gasteiger charge is -2.32. The lowest BCUT2D eigenvalue weighted by Crippen LogP contribution is -2.44. The average molecular weight is 326 g/mol. The molecule has 1 fully saturated rings. The van der Waals surface area contributed by atoms with Gasteiger partial charge >= 0.3 is 0 Å². The molecule has 3 rings (SSSR count). The molecule has 0 radical (unpaired) electrons. The van der Waals surface area contributed by atoms with Crippen molar-refractivity contribution in [3.63, 3.8) is 0 Å². The maximum Gasteiger partial charge on any atom is 0.271 e. The first-order valence-electron chi connectivity index (χ1n) is 8.77. The van der Waals surface area contributed by atoms with E-state index in [0.29, 0.717) is 5.69 Å². The van der Waals surface area contributed by atoms with Crippen LogP contribution in [0.3, 0.4) is 0 Å². The van der Waals surface area contributed by atoms with Crippen LogP contribution in [0.5, 0.6) is 0 Å². The molecule has 1 amide bonds. The number of nitrogens with one attached hydrogen (secondary N) is 2. The van der Waals surface area contributed by atoms with Crippen molar-refractivity contribution in [1.29, 1.82) is 0 Å². The van der Waals surface area contributed by atoms with Gasteiger partial charge in [-0.05, 0) is 37.8 Å². The van der Waals surface area contributed by atoms with Crippen LogP contribution in [0.15, 0.2) is 30.3 Å². The fourth-order valence-electron chi connectivity index (χ4n) is 3.22. The van der Waals surface area contributed by atoms with Gasteiger partial charge in [-0.25, -0.2) is 0 Å². The molecule has 1 aromatic heterocycles. The highest BCUT2D eigenvalue weighted by molar-refractivity contribution is 5.92. The van der Waals surface area contributed by atoms with Crippen LogP contribution in [0.25, 0.3) is 0 Å². The van der Waals surface area contributed by atoms with E-state index in [1.54, 1.807) is 0 Å². The van der Waals surface area contributed by atoms with E-state index in [9.17, 15) is 4.79 Å². The lowest BCUT2D eigenvalue weighted by atomic mass is 10.0. The minimum atomic E-state index is -0.0666. The van der Waals surface area contributed by atoms with Crippen molar-refractivity contribution in [2.75, 3.05) is 13.1 Å². The zero-order valence-corrected chi connectivity index (χ0v) is 14.5. The van der Waals surface area contributed by atoms with Crippen LogP contribution in [0.2, 0.25) is 0 Å². The van der Waals surface area contributed by atoms with Crippen LogP contribution in [0, 0.1) is 6.92 Å². The maximum absolute atomic E-state index is 12.2. The van der Waals surface area contributed by atoms with E-state index in [2.05, 4.69) is 51.6 Å². The van der Waals surface area contributed by atoms with Gasteiger partial charge in [-0.3, -0.25) is 14.8 Å². The highest BCUT2D eigenvalue weighted by atomic mass is 16.2. The summed E-state index contributed by atoms with van der Waals surface area (Å²) in [5.41, 5.74) is 4.16. The van der Waals surface area contributed by atoms with E-state index in [0.717, 1.165) is 44.6 Å². The molecule has 1 aliphatic rings. The van der Waals surface area contributed by atoms with Gasteiger partial charge in [0.2, 0.25) is 0 Å². The molecular formula is C19H26N4O. The Balaban J connectivity index is 1.47. The molecule has 2 heterocycles. The predicted molar refractivity (Wildman–Crippen MR) is 94.9 cm³/mol. The second-order valence-electron chi connectivity index (χ2n) is 6.64. The Morgan fingerprint density at radius 2 is 2.12 bits per heavy atom. The summed E-state index contributed by atoms with van der Waals surface area (Å²) in [7, 11) is 0. The molecule has 0 aliphatic carbocycles. The number of H-pyrrole nitrogens is 1. The topological polar surface area (TPSA) is 61.0 Å². The molecule has 1 saturated heterocycles. The predicted octanol–water partition coefficient (Wildman–Crippen LogP) is 2.67. The number of aromatic nitrogens is 2. The Morgan fingerprint density at radius 3 is 2.79 bits per heavy atom. The van der Waals surface area contributed by atoms with E-state index in [1.807, 2.05) is 13.0 Å². The minimum Gasteiger partial charge on any atom is -0.348 e. The number of aromatic amines is 1. The molecule has 2 N–H and O–H groups in total. The summed E-state index contributed by atoms with van der Waals surface area (Å²) < 4.78 is 0. The van der Waals surface area contributed by atoms with E-state index in [1.165, 1.54) is 11.1 Å². The molecule has 24 heavy (non-hydrogen) atoms. The molecule has 0 atom stereocenters. The fraction of sp³-hybridized carbons (Fsp3) is 0.474. The monoisotopic (exact) mass is 326 g/mol. The van der Waals surface area contributed by atoms with Crippen LogP contribution >= 0.6 is 0 Å². The minimum absolute atomic E-state index is 0.0666. The maximum atomic E-state index is 12.2. The quantitative estimate of drug-likeness (QED) is 0.888.